The molecule has 0 aromatic rings. The van der Waals surface area contributed by atoms with E-state index in [9.17, 15) is 8.42 Å². The van der Waals surface area contributed by atoms with Crippen LogP contribution in [0.15, 0.2) is 0 Å². The maximum absolute atomic E-state index is 10.7. The summed E-state index contributed by atoms with van der Waals surface area (Å²) in [5, 5.41) is 2.28. The molecule has 0 N–H and O–H groups in total. The summed E-state index contributed by atoms with van der Waals surface area (Å²) >= 11 is 0. The van der Waals surface area contributed by atoms with Gasteiger partial charge >= 0.3 is 0 Å². The minimum absolute atomic E-state index is 0.249. The van der Waals surface area contributed by atoms with Crippen LogP contribution in [0.1, 0.15) is 19.8 Å². The van der Waals surface area contributed by atoms with E-state index >= 15 is 0 Å². The van der Waals surface area contributed by atoms with Crippen molar-refractivity contribution in [2.45, 2.75) is 19.8 Å². The molecule has 0 aromatic heterocycles. The van der Waals surface area contributed by atoms with Crippen molar-refractivity contribution < 1.29 is 8.42 Å². The molecule has 0 saturated carbocycles. The van der Waals surface area contributed by atoms with Gasteiger partial charge in [0.25, 0.3) is 0 Å². The van der Waals surface area contributed by atoms with Gasteiger partial charge in [-0.25, -0.2) is 8.42 Å². The Hall–Kier alpha value is -0.490. The van der Waals surface area contributed by atoms with Gasteiger partial charge in [-0.05, 0) is 12.8 Å². The quantitative estimate of drug-likeness (QED) is 0.417. The van der Waals surface area contributed by atoms with Crippen molar-refractivity contribution in [3.63, 3.8) is 0 Å². The molecule has 2 nitrogen and oxygen atoms in total. The first-order chi connectivity index (χ1) is 4.64. The fraction of sp³-hybridized carbons (Fsp3) is 0.714. The molecule has 0 bridgehead atoms. The molecule has 0 aliphatic carbocycles. The molecule has 0 spiro atoms. The van der Waals surface area contributed by atoms with Gasteiger partial charge in [-0.15, -0.1) is 0 Å². The fourth-order valence-electron chi connectivity index (χ4n) is 0.900. The molecule has 3 heteroatoms. The van der Waals surface area contributed by atoms with Gasteiger partial charge in [-0.1, -0.05) is 12.8 Å². The first-order valence-electron chi connectivity index (χ1n) is 3.39. The van der Waals surface area contributed by atoms with E-state index in [0.717, 1.165) is 6.42 Å². The third kappa shape index (κ3) is 1.74. The maximum Gasteiger partial charge on any atom is 0.216 e. The smallest absolute Gasteiger partial charge is 0.215 e. The SMILES string of the molecule is CC[C@@H]1C#CS(=O)(=O)CC1. The van der Waals surface area contributed by atoms with Gasteiger partial charge in [-0.3, -0.25) is 0 Å². The topological polar surface area (TPSA) is 34.1 Å². The summed E-state index contributed by atoms with van der Waals surface area (Å²) in [6.07, 6.45) is 1.67. The van der Waals surface area contributed by atoms with Gasteiger partial charge in [0, 0.05) is 11.2 Å². The van der Waals surface area contributed by atoms with Gasteiger partial charge < -0.3 is 0 Å². The van der Waals surface area contributed by atoms with Crippen molar-refractivity contribution in [3.8, 4) is 11.2 Å². The Morgan fingerprint density at radius 2 is 2.30 bits per heavy atom. The van der Waals surface area contributed by atoms with Gasteiger partial charge in [-0.2, -0.15) is 0 Å². The molecule has 0 fully saturated rings. The number of hydrogen-bond donors (Lipinski definition) is 0. The Morgan fingerprint density at radius 1 is 1.60 bits per heavy atom. The van der Waals surface area contributed by atoms with E-state index in [-0.39, 0.29) is 5.75 Å². The highest BCUT2D eigenvalue weighted by molar-refractivity contribution is 7.96. The molecular formula is C7H10O2S. The molecule has 0 amide bonds. The van der Waals surface area contributed by atoms with E-state index in [4.69, 9.17) is 0 Å². The first-order valence-corrected chi connectivity index (χ1v) is 5.04. The van der Waals surface area contributed by atoms with Crippen molar-refractivity contribution in [2.24, 2.45) is 5.92 Å². The predicted molar refractivity (Wildman–Crippen MR) is 40.0 cm³/mol. The zero-order valence-corrected chi connectivity index (χ0v) is 6.74. The van der Waals surface area contributed by atoms with Crippen LogP contribution in [0, 0.1) is 17.1 Å². The lowest BCUT2D eigenvalue weighted by Crippen LogP contribution is -2.12. The molecule has 0 unspecified atom stereocenters. The van der Waals surface area contributed by atoms with Crippen molar-refractivity contribution in [3.05, 3.63) is 0 Å². The van der Waals surface area contributed by atoms with Crippen LogP contribution in [0.4, 0.5) is 0 Å². The van der Waals surface area contributed by atoms with Gasteiger partial charge in [0.15, 0.2) is 0 Å². The van der Waals surface area contributed by atoms with Gasteiger partial charge in [0.2, 0.25) is 9.84 Å². The third-order valence-corrected chi connectivity index (χ3v) is 2.85. The Kier molecular flexibility index (Phi) is 2.00. The average Bonchev–Trinajstić information content (AvgIpc) is 1.88. The zero-order chi connectivity index (χ0) is 7.61. The van der Waals surface area contributed by atoms with E-state index in [1.165, 1.54) is 0 Å². The third-order valence-electron chi connectivity index (χ3n) is 1.65. The summed E-state index contributed by atoms with van der Waals surface area (Å²) in [5.74, 6) is 3.28. The number of hydrogen-bond acceptors (Lipinski definition) is 2. The monoisotopic (exact) mass is 158 g/mol. The minimum atomic E-state index is -2.99. The molecule has 10 heavy (non-hydrogen) atoms. The normalized spacial score (nSPS) is 28.7. The largest absolute Gasteiger partial charge is 0.216 e. The molecule has 1 atom stereocenters. The standard InChI is InChI=1S/C7H10O2S/c1-2-7-3-5-10(8,9)6-4-7/h7H,2-3,5H2,1H3/t7-/m0/s1. The molecule has 1 aliphatic heterocycles. The van der Waals surface area contributed by atoms with Crippen molar-refractivity contribution >= 4 is 9.84 Å². The highest BCUT2D eigenvalue weighted by atomic mass is 32.2. The summed E-state index contributed by atoms with van der Waals surface area (Å²) in [5.41, 5.74) is 0. The predicted octanol–water partition coefficient (Wildman–Crippen LogP) is 0.792. The Bertz CT molecular complexity index is 266. The van der Waals surface area contributed by atoms with Crippen LogP contribution in [-0.4, -0.2) is 14.2 Å². The summed E-state index contributed by atoms with van der Waals surface area (Å²) in [6, 6.07) is 0. The molecule has 1 aliphatic rings. The number of sulfone groups is 1. The Morgan fingerprint density at radius 3 is 2.70 bits per heavy atom. The Balaban J connectivity index is 2.80. The molecule has 0 saturated heterocycles. The van der Waals surface area contributed by atoms with Crippen LogP contribution in [0.3, 0.4) is 0 Å². The van der Waals surface area contributed by atoms with Crippen LogP contribution in [-0.2, 0) is 9.84 Å². The van der Waals surface area contributed by atoms with Gasteiger partial charge in [0.05, 0.1) is 5.75 Å². The molecule has 0 aromatic carbocycles. The summed E-state index contributed by atoms with van der Waals surface area (Å²) in [6.45, 7) is 2.03. The second-order valence-electron chi connectivity index (χ2n) is 2.46. The fourth-order valence-corrected chi connectivity index (χ4v) is 1.94. The van der Waals surface area contributed by atoms with Crippen molar-refractivity contribution in [1.29, 1.82) is 0 Å². The van der Waals surface area contributed by atoms with E-state index < -0.39 is 9.84 Å². The highest BCUT2D eigenvalue weighted by Crippen LogP contribution is 2.12. The second-order valence-corrected chi connectivity index (χ2v) is 4.30. The van der Waals surface area contributed by atoms with E-state index in [2.05, 4.69) is 11.2 Å². The first kappa shape index (κ1) is 7.62. The molecule has 56 valence electrons. The molecule has 1 heterocycles. The molecule has 0 radical (unpaired) electrons. The van der Waals surface area contributed by atoms with Crippen molar-refractivity contribution in [2.75, 3.05) is 5.75 Å². The highest BCUT2D eigenvalue weighted by Gasteiger charge is 2.15. The van der Waals surface area contributed by atoms with E-state index in [1.807, 2.05) is 6.92 Å². The zero-order valence-electron chi connectivity index (χ0n) is 5.92. The van der Waals surface area contributed by atoms with Crippen LogP contribution in [0.25, 0.3) is 0 Å². The summed E-state index contributed by atoms with van der Waals surface area (Å²) in [4.78, 5) is 0. The van der Waals surface area contributed by atoms with E-state index in [1.54, 1.807) is 0 Å². The average molecular weight is 158 g/mol. The van der Waals surface area contributed by atoms with E-state index in [0.29, 0.717) is 12.3 Å². The molecular weight excluding hydrogens is 148 g/mol. The minimum Gasteiger partial charge on any atom is -0.215 e. The lowest BCUT2D eigenvalue weighted by atomic mass is 10.1. The van der Waals surface area contributed by atoms with Crippen molar-refractivity contribution in [1.82, 2.24) is 0 Å². The maximum atomic E-state index is 10.7. The number of rotatable bonds is 1. The van der Waals surface area contributed by atoms with Crippen LogP contribution in [0.5, 0.6) is 0 Å². The van der Waals surface area contributed by atoms with Crippen LogP contribution in [0.2, 0.25) is 0 Å². The molecule has 1 rings (SSSR count). The second kappa shape index (κ2) is 2.63. The summed E-state index contributed by atoms with van der Waals surface area (Å²) < 4.78 is 21.5. The lowest BCUT2D eigenvalue weighted by Gasteiger charge is -2.09. The van der Waals surface area contributed by atoms with Gasteiger partial charge in [0.1, 0.15) is 0 Å². The van der Waals surface area contributed by atoms with Crippen LogP contribution < -0.4 is 0 Å². The lowest BCUT2D eigenvalue weighted by molar-refractivity contribution is 0.578. The summed E-state index contributed by atoms with van der Waals surface area (Å²) in [7, 11) is -2.99. The Labute approximate surface area is 61.5 Å². The van der Waals surface area contributed by atoms with Crippen LogP contribution >= 0.6 is 0 Å².